The van der Waals surface area contributed by atoms with Crippen LogP contribution in [0.5, 0.6) is 0 Å². The molecule has 21 heavy (non-hydrogen) atoms. The van der Waals surface area contributed by atoms with E-state index < -0.39 is 0 Å². The number of hydrogen-bond donors (Lipinski definition) is 0. The van der Waals surface area contributed by atoms with E-state index in [1.807, 2.05) is 0 Å². The van der Waals surface area contributed by atoms with Gasteiger partial charge in [-0.15, -0.1) is 0 Å². The summed E-state index contributed by atoms with van der Waals surface area (Å²) in [7, 11) is 0. The molecule has 0 saturated heterocycles. The summed E-state index contributed by atoms with van der Waals surface area (Å²) < 4.78 is 0. The van der Waals surface area contributed by atoms with Crippen LogP contribution in [-0.4, -0.2) is 0 Å². The Hall–Kier alpha value is -1.82. The third-order valence-electron chi connectivity index (χ3n) is 5.35. The van der Waals surface area contributed by atoms with Gasteiger partial charge < -0.3 is 0 Å². The molecule has 1 aliphatic rings. The van der Waals surface area contributed by atoms with Gasteiger partial charge in [-0.05, 0) is 57.5 Å². The first-order chi connectivity index (χ1) is 10.3. The minimum Gasteiger partial charge on any atom is -0.0616 e. The highest BCUT2D eigenvalue weighted by Gasteiger charge is 2.29. The fourth-order valence-electron chi connectivity index (χ4n) is 4.09. The van der Waals surface area contributed by atoms with Crippen molar-refractivity contribution in [3.8, 4) is 0 Å². The monoisotopic (exact) mass is 274 g/mol. The van der Waals surface area contributed by atoms with Gasteiger partial charge in [0, 0.05) is 0 Å². The van der Waals surface area contributed by atoms with Crippen LogP contribution in [0.4, 0.5) is 0 Å². The summed E-state index contributed by atoms with van der Waals surface area (Å²) in [6.07, 6.45) is 6.82. The van der Waals surface area contributed by atoms with E-state index in [4.69, 9.17) is 0 Å². The van der Waals surface area contributed by atoms with E-state index in [1.165, 1.54) is 53.6 Å². The van der Waals surface area contributed by atoms with Crippen LogP contribution in [0.25, 0.3) is 21.5 Å². The van der Waals surface area contributed by atoms with Gasteiger partial charge in [0.15, 0.2) is 0 Å². The molecule has 0 aliphatic heterocycles. The van der Waals surface area contributed by atoms with Crippen LogP contribution in [0.1, 0.15) is 44.6 Å². The molecule has 0 heteroatoms. The molecule has 3 aromatic rings. The zero-order chi connectivity index (χ0) is 14.3. The molecule has 0 amide bonds. The number of benzene rings is 3. The van der Waals surface area contributed by atoms with Gasteiger partial charge >= 0.3 is 0 Å². The Morgan fingerprint density at radius 3 is 2.14 bits per heavy atom. The molecule has 4 rings (SSSR count). The van der Waals surface area contributed by atoms with Gasteiger partial charge in [0.2, 0.25) is 0 Å². The second-order valence-corrected chi connectivity index (χ2v) is 6.85. The maximum atomic E-state index is 2.47. The van der Waals surface area contributed by atoms with Crippen LogP contribution < -0.4 is 0 Å². The fraction of sp³-hybridized carbons (Fsp3) is 0.333. The molecule has 1 saturated carbocycles. The summed E-state index contributed by atoms with van der Waals surface area (Å²) in [6, 6.07) is 20.3. The van der Waals surface area contributed by atoms with E-state index in [9.17, 15) is 0 Å². The van der Waals surface area contributed by atoms with Gasteiger partial charge in [0.05, 0.1) is 0 Å². The molecule has 0 bridgehead atoms. The lowest BCUT2D eigenvalue weighted by molar-refractivity contribution is 0.322. The van der Waals surface area contributed by atoms with Crippen molar-refractivity contribution >= 4 is 21.5 Å². The lowest BCUT2D eigenvalue weighted by atomic mass is 9.69. The summed E-state index contributed by atoms with van der Waals surface area (Å²) >= 11 is 0. The molecule has 0 aromatic heterocycles. The Balaban J connectivity index is 1.98. The molecule has 106 valence electrons. The number of rotatable bonds is 1. The largest absolute Gasteiger partial charge is 0.0616 e. The van der Waals surface area contributed by atoms with Crippen LogP contribution in [0.15, 0.2) is 54.6 Å². The minimum atomic E-state index is 0.361. The molecule has 0 radical (unpaired) electrons. The zero-order valence-electron chi connectivity index (χ0n) is 12.7. The summed E-state index contributed by atoms with van der Waals surface area (Å²) in [5.74, 6) is 0. The SMILES string of the molecule is CC1(c2cccc3cc4ccccc4cc23)CCCCC1. The van der Waals surface area contributed by atoms with E-state index in [0.717, 1.165) is 0 Å². The number of fused-ring (bicyclic) bond motifs is 2. The van der Waals surface area contributed by atoms with Crippen molar-refractivity contribution in [3.05, 3.63) is 60.2 Å². The normalized spacial score (nSPS) is 18.1. The summed E-state index contributed by atoms with van der Waals surface area (Å²) in [5, 5.41) is 5.55. The van der Waals surface area contributed by atoms with E-state index in [-0.39, 0.29) is 0 Å². The summed E-state index contributed by atoms with van der Waals surface area (Å²) in [4.78, 5) is 0. The van der Waals surface area contributed by atoms with Crippen LogP contribution in [0, 0.1) is 0 Å². The second kappa shape index (κ2) is 4.87. The van der Waals surface area contributed by atoms with Gasteiger partial charge in [-0.25, -0.2) is 0 Å². The average Bonchev–Trinajstić information content (AvgIpc) is 2.53. The van der Waals surface area contributed by atoms with Gasteiger partial charge in [-0.1, -0.05) is 68.7 Å². The summed E-state index contributed by atoms with van der Waals surface area (Å²) in [6.45, 7) is 2.47. The lowest BCUT2D eigenvalue weighted by Gasteiger charge is -2.35. The highest BCUT2D eigenvalue weighted by atomic mass is 14.3. The minimum absolute atomic E-state index is 0.361. The maximum absolute atomic E-state index is 2.47. The molecular formula is C21H22. The molecule has 0 spiro atoms. The topological polar surface area (TPSA) is 0 Å². The molecule has 0 unspecified atom stereocenters. The molecule has 1 fully saturated rings. The van der Waals surface area contributed by atoms with E-state index >= 15 is 0 Å². The standard InChI is InChI=1S/C21H22/c1-21(12-5-2-6-13-21)20-11-7-10-18-14-16-8-3-4-9-17(16)15-19(18)20/h3-4,7-11,14-15H,2,5-6,12-13H2,1H3. The summed E-state index contributed by atoms with van der Waals surface area (Å²) in [5.41, 5.74) is 1.92. The van der Waals surface area contributed by atoms with Crippen molar-refractivity contribution in [2.45, 2.75) is 44.4 Å². The molecule has 1 aliphatic carbocycles. The second-order valence-electron chi connectivity index (χ2n) is 6.85. The molecule has 0 atom stereocenters. The Morgan fingerprint density at radius 2 is 1.38 bits per heavy atom. The maximum Gasteiger partial charge on any atom is -0.00691 e. The molecule has 0 N–H and O–H groups in total. The quantitative estimate of drug-likeness (QED) is 0.462. The van der Waals surface area contributed by atoms with Crippen LogP contribution in [-0.2, 0) is 5.41 Å². The third kappa shape index (κ3) is 2.14. The Kier molecular flexibility index (Phi) is 2.99. The molecule has 0 nitrogen and oxygen atoms in total. The highest BCUT2D eigenvalue weighted by Crippen LogP contribution is 2.42. The first-order valence-electron chi connectivity index (χ1n) is 8.18. The predicted octanol–water partition coefficient (Wildman–Crippen LogP) is 6.21. The lowest BCUT2D eigenvalue weighted by Crippen LogP contribution is -2.25. The molecular weight excluding hydrogens is 252 g/mol. The average molecular weight is 274 g/mol. The first-order valence-corrected chi connectivity index (χ1v) is 8.18. The van der Waals surface area contributed by atoms with Crippen molar-refractivity contribution in [2.75, 3.05) is 0 Å². The van der Waals surface area contributed by atoms with E-state index in [2.05, 4.69) is 61.5 Å². The van der Waals surface area contributed by atoms with Crippen molar-refractivity contribution < 1.29 is 0 Å². The molecule has 3 aromatic carbocycles. The van der Waals surface area contributed by atoms with Gasteiger partial charge in [-0.2, -0.15) is 0 Å². The zero-order valence-corrected chi connectivity index (χ0v) is 12.7. The Morgan fingerprint density at radius 1 is 0.714 bits per heavy atom. The third-order valence-corrected chi connectivity index (χ3v) is 5.35. The van der Waals surface area contributed by atoms with Crippen LogP contribution in [0.2, 0.25) is 0 Å². The van der Waals surface area contributed by atoms with Gasteiger partial charge in [0.1, 0.15) is 0 Å². The highest BCUT2D eigenvalue weighted by molar-refractivity contribution is 6.00. The number of hydrogen-bond acceptors (Lipinski definition) is 0. The first kappa shape index (κ1) is 12.9. The van der Waals surface area contributed by atoms with Crippen LogP contribution >= 0.6 is 0 Å². The van der Waals surface area contributed by atoms with Crippen molar-refractivity contribution in [1.82, 2.24) is 0 Å². The van der Waals surface area contributed by atoms with Crippen molar-refractivity contribution in [3.63, 3.8) is 0 Å². The van der Waals surface area contributed by atoms with Crippen molar-refractivity contribution in [2.24, 2.45) is 0 Å². The van der Waals surface area contributed by atoms with Crippen LogP contribution in [0.3, 0.4) is 0 Å². The smallest absolute Gasteiger partial charge is 0.00691 e. The van der Waals surface area contributed by atoms with Crippen molar-refractivity contribution in [1.29, 1.82) is 0 Å². The Bertz CT molecular complexity index is 791. The van der Waals surface area contributed by atoms with Gasteiger partial charge in [-0.3, -0.25) is 0 Å². The Labute approximate surface area is 126 Å². The van der Waals surface area contributed by atoms with E-state index in [1.54, 1.807) is 5.56 Å². The predicted molar refractivity (Wildman–Crippen MR) is 91.9 cm³/mol. The molecule has 0 heterocycles. The van der Waals surface area contributed by atoms with Gasteiger partial charge in [0.25, 0.3) is 0 Å². The van der Waals surface area contributed by atoms with E-state index in [0.29, 0.717) is 5.41 Å². The fourth-order valence-corrected chi connectivity index (χ4v) is 4.09.